The summed E-state index contributed by atoms with van der Waals surface area (Å²) in [4.78, 5) is 24.4. The van der Waals surface area contributed by atoms with Gasteiger partial charge in [0.25, 0.3) is 5.91 Å². The fraction of sp³-hybridized carbons (Fsp3) is 0.300. The number of amides is 2. The van der Waals surface area contributed by atoms with Gasteiger partial charge in [0.1, 0.15) is 13.2 Å². The van der Waals surface area contributed by atoms with Gasteiger partial charge in [-0.25, -0.2) is 0 Å². The van der Waals surface area contributed by atoms with Gasteiger partial charge in [-0.2, -0.15) is 0 Å². The van der Waals surface area contributed by atoms with Gasteiger partial charge in [-0.1, -0.05) is 6.07 Å². The Labute approximate surface area is 162 Å². The smallest absolute Gasteiger partial charge is 0.269 e. The summed E-state index contributed by atoms with van der Waals surface area (Å²) in [5.41, 5.74) is 5.88. The molecular formula is C20H22N2O6. The fourth-order valence-electron chi connectivity index (χ4n) is 2.71. The molecule has 1 aliphatic rings. The van der Waals surface area contributed by atoms with Gasteiger partial charge < -0.3 is 18.9 Å². The fourth-order valence-corrected chi connectivity index (χ4v) is 2.71. The van der Waals surface area contributed by atoms with Gasteiger partial charge >= 0.3 is 0 Å². The average Bonchev–Trinajstić information content (AvgIpc) is 2.72. The normalized spacial score (nSPS) is 12.1. The van der Waals surface area contributed by atoms with Crippen molar-refractivity contribution in [2.75, 3.05) is 26.9 Å². The van der Waals surface area contributed by atoms with Gasteiger partial charge in [0.15, 0.2) is 23.0 Å². The number of hydrogen-bond acceptors (Lipinski definition) is 6. The predicted molar refractivity (Wildman–Crippen MR) is 101 cm³/mol. The molecule has 8 heteroatoms. The molecule has 0 saturated carbocycles. The molecule has 0 aromatic heterocycles. The molecule has 8 nitrogen and oxygen atoms in total. The third-order valence-electron chi connectivity index (χ3n) is 4.01. The van der Waals surface area contributed by atoms with E-state index in [9.17, 15) is 9.59 Å². The lowest BCUT2D eigenvalue weighted by Crippen LogP contribution is -2.42. The molecule has 1 aliphatic heterocycles. The van der Waals surface area contributed by atoms with Crippen LogP contribution >= 0.6 is 0 Å². The van der Waals surface area contributed by atoms with Crippen molar-refractivity contribution in [3.8, 4) is 23.0 Å². The van der Waals surface area contributed by atoms with Crippen LogP contribution < -0.4 is 29.8 Å². The number of benzene rings is 2. The molecule has 2 amide bonds. The molecule has 148 valence electrons. The molecule has 2 aromatic carbocycles. The van der Waals surface area contributed by atoms with E-state index in [-0.39, 0.29) is 12.3 Å². The van der Waals surface area contributed by atoms with Gasteiger partial charge in [-0.15, -0.1) is 0 Å². The maximum Gasteiger partial charge on any atom is 0.269 e. The number of carbonyl (C=O) groups is 2. The van der Waals surface area contributed by atoms with E-state index >= 15 is 0 Å². The maximum atomic E-state index is 12.3. The molecule has 0 saturated heterocycles. The topological polar surface area (TPSA) is 95.1 Å². The number of hydrogen-bond donors (Lipinski definition) is 2. The van der Waals surface area contributed by atoms with Gasteiger partial charge in [-0.3, -0.25) is 20.4 Å². The minimum atomic E-state index is -0.461. The standard InChI is InChI=1S/C20H22N2O6/c1-3-26-15-7-5-14(12-17(15)25-2)20(24)22-21-19(23)11-13-4-6-16-18(10-13)28-9-8-27-16/h4-7,10,12H,3,8-9,11H2,1-2H3,(H,21,23)(H,22,24). The highest BCUT2D eigenvalue weighted by Gasteiger charge is 2.15. The van der Waals surface area contributed by atoms with E-state index in [4.69, 9.17) is 18.9 Å². The molecule has 0 unspecified atom stereocenters. The maximum absolute atomic E-state index is 12.3. The van der Waals surface area contributed by atoms with Crippen LogP contribution in [0.5, 0.6) is 23.0 Å². The second-order valence-electron chi connectivity index (χ2n) is 5.96. The SMILES string of the molecule is CCOc1ccc(C(=O)NNC(=O)Cc2ccc3c(c2)OCCO3)cc1OC. The third-order valence-corrected chi connectivity index (χ3v) is 4.01. The second-order valence-corrected chi connectivity index (χ2v) is 5.96. The Morgan fingerprint density at radius 3 is 2.54 bits per heavy atom. The Morgan fingerprint density at radius 1 is 1.00 bits per heavy atom. The summed E-state index contributed by atoms with van der Waals surface area (Å²) >= 11 is 0. The van der Waals surface area contributed by atoms with E-state index in [1.165, 1.54) is 7.11 Å². The monoisotopic (exact) mass is 386 g/mol. The zero-order valence-corrected chi connectivity index (χ0v) is 15.7. The van der Waals surface area contributed by atoms with Crippen molar-refractivity contribution in [2.24, 2.45) is 0 Å². The van der Waals surface area contributed by atoms with E-state index < -0.39 is 5.91 Å². The minimum absolute atomic E-state index is 0.0868. The number of ether oxygens (including phenoxy) is 4. The van der Waals surface area contributed by atoms with Gasteiger partial charge in [0, 0.05) is 5.56 Å². The van der Waals surface area contributed by atoms with Crippen molar-refractivity contribution in [3.05, 3.63) is 47.5 Å². The van der Waals surface area contributed by atoms with Crippen LogP contribution in [0.25, 0.3) is 0 Å². The second kappa shape index (κ2) is 8.98. The minimum Gasteiger partial charge on any atom is -0.493 e. The van der Waals surface area contributed by atoms with E-state index in [0.29, 0.717) is 48.4 Å². The van der Waals surface area contributed by atoms with Crippen LogP contribution in [0, 0.1) is 0 Å². The first-order chi connectivity index (χ1) is 13.6. The highest BCUT2D eigenvalue weighted by molar-refractivity contribution is 5.96. The Bertz CT molecular complexity index is 868. The number of fused-ring (bicyclic) bond motifs is 1. The van der Waals surface area contributed by atoms with Crippen LogP contribution in [-0.2, 0) is 11.2 Å². The van der Waals surface area contributed by atoms with Crippen LogP contribution in [0.15, 0.2) is 36.4 Å². The van der Waals surface area contributed by atoms with Crippen molar-refractivity contribution in [3.63, 3.8) is 0 Å². The molecule has 2 N–H and O–H groups in total. The summed E-state index contributed by atoms with van der Waals surface area (Å²) < 4.78 is 21.6. The van der Waals surface area contributed by atoms with Crippen molar-refractivity contribution < 1.29 is 28.5 Å². The highest BCUT2D eigenvalue weighted by Crippen LogP contribution is 2.31. The number of rotatable bonds is 6. The first-order valence-corrected chi connectivity index (χ1v) is 8.89. The van der Waals surface area contributed by atoms with Crippen LogP contribution in [0.2, 0.25) is 0 Å². The van der Waals surface area contributed by atoms with Crippen molar-refractivity contribution in [1.29, 1.82) is 0 Å². The molecule has 2 aromatic rings. The van der Waals surface area contributed by atoms with E-state index in [1.807, 2.05) is 6.92 Å². The molecular weight excluding hydrogens is 364 g/mol. The predicted octanol–water partition coefficient (Wildman–Crippen LogP) is 1.87. The molecule has 0 fully saturated rings. The van der Waals surface area contributed by atoms with Gasteiger partial charge in [0.2, 0.25) is 5.91 Å². The van der Waals surface area contributed by atoms with Crippen molar-refractivity contribution in [1.82, 2.24) is 10.9 Å². The van der Waals surface area contributed by atoms with Crippen LogP contribution in [0.1, 0.15) is 22.8 Å². The van der Waals surface area contributed by atoms with Crippen LogP contribution in [0.4, 0.5) is 0 Å². The third kappa shape index (κ3) is 4.64. The van der Waals surface area contributed by atoms with E-state index in [0.717, 1.165) is 5.56 Å². The first kappa shape index (κ1) is 19.3. The molecule has 0 bridgehead atoms. The van der Waals surface area contributed by atoms with Gasteiger partial charge in [-0.05, 0) is 42.8 Å². The van der Waals surface area contributed by atoms with Crippen molar-refractivity contribution in [2.45, 2.75) is 13.3 Å². The molecule has 0 aliphatic carbocycles. The Hall–Kier alpha value is -3.42. The summed E-state index contributed by atoms with van der Waals surface area (Å²) in [5, 5.41) is 0. The largest absolute Gasteiger partial charge is 0.493 e. The molecule has 3 rings (SSSR count). The highest BCUT2D eigenvalue weighted by atomic mass is 16.6. The molecule has 1 heterocycles. The lowest BCUT2D eigenvalue weighted by Gasteiger charge is -2.18. The number of nitrogens with one attached hydrogen (secondary N) is 2. The quantitative estimate of drug-likeness (QED) is 0.736. The summed E-state index contributed by atoms with van der Waals surface area (Å²) in [7, 11) is 1.49. The van der Waals surface area contributed by atoms with Crippen LogP contribution in [-0.4, -0.2) is 38.7 Å². The lowest BCUT2D eigenvalue weighted by atomic mass is 10.1. The summed E-state index contributed by atoms with van der Waals surface area (Å²) in [6, 6.07) is 10.1. The summed E-state index contributed by atoms with van der Waals surface area (Å²) in [5.74, 6) is 1.44. The number of methoxy groups -OCH3 is 1. The molecule has 0 spiro atoms. The average molecular weight is 386 g/mol. The van der Waals surface area contributed by atoms with E-state index in [1.54, 1.807) is 36.4 Å². The Morgan fingerprint density at radius 2 is 1.79 bits per heavy atom. The summed E-state index contributed by atoms with van der Waals surface area (Å²) in [6.45, 7) is 3.33. The lowest BCUT2D eigenvalue weighted by molar-refractivity contribution is -0.121. The Balaban J connectivity index is 1.56. The zero-order valence-electron chi connectivity index (χ0n) is 15.7. The summed E-state index contributed by atoms with van der Waals surface area (Å²) in [6.07, 6.45) is 0.0868. The molecule has 0 atom stereocenters. The zero-order chi connectivity index (χ0) is 19.9. The number of hydrazine groups is 1. The number of carbonyl (C=O) groups excluding carboxylic acids is 2. The van der Waals surface area contributed by atoms with Crippen LogP contribution in [0.3, 0.4) is 0 Å². The first-order valence-electron chi connectivity index (χ1n) is 8.89. The Kier molecular flexibility index (Phi) is 6.21. The van der Waals surface area contributed by atoms with E-state index in [2.05, 4.69) is 10.9 Å². The molecule has 0 radical (unpaired) electrons. The van der Waals surface area contributed by atoms with Gasteiger partial charge in [0.05, 0.1) is 20.1 Å². The molecule has 28 heavy (non-hydrogen) atoms. The van der Waals surface area contributed by atoms with Crippen molar-refractivity contribution >= 4 is 11.8 Å².